The Balaban J connectivity index is 2.37. The minimum Gasteiger partial charge on any atom is -0.373 e. The molecule has 1 aromatic carbocycles. The smallest absolute Gasteiger partial charge is 0.244 e. The van der Waals surface area contributed by atoms with Crippen LogP contribution in [0, 0.1) is 6.92 Å². The lowest BCUT2D eigenvalue weighted by atomic mass is 10.1. The number of rotatable bonds is 2. The van der Waals surface area contributed by atoms with Crippen LogP contribution in [-0.4, -0.2) is 38.0 Å². The Kier molecular flexibility index (Phi) is 4.07. The average Bonchev–Trinajstić information content (AvgIpc) is 2.27. The first-order chi connectivity index (χ1) is 8.72. The van der Waals surface area contributed by atoms with Gasteiger partial charge in [-0.2, -0.15) is 4.31 Å². The summed E-state index contributed by atoms with van der Waals surface area (Å²) in [4.78, 5) is 0.316. The largest absolute Gasteiger partial charge is 0.373 e. The summed E-state index contributed by atoms with van der Waals surface area (Å²) >= 11 is 3.34. The molecule has 2 rings (SSSR count). The van der Waals surface area contributed by atoms with E-state index >= 15 is 0 Å². The van der Waals surface area contributed by atoms with Crippen LogP contribution in [0.4, 0.5) is 0 Å². The molecule has 19 heavy (non-hydrogen) atoms. The summed E-state index contributed by atoms with van der Waals surface area (Å²) in [5.74, 6) is 0. The summed E-state index contributed by atoms with van der Waals surface area (Å²) in [7, 11) is -3.47. The number of halogens is 1. The van der Waals surface area contributed by atoms with E-state index in [0.29, 0.717) is 29.1 Å². The van der Waals surface area contributed by atoms with Crippen molar-refractivity contribution in [2.45, 2.75) is 31.3 Å². The van der Waals surface area contributed by atoms with Gasteiger partial charge in [0.1, 0.15) is 0 Å². The molecule has 0 saturated carbocycles. The highest BCUT2D eigenvalue weighted by Gasteiger charge is 2.35. The van der Waals surface area contributed by atoms with Gasteiger partial charge < -0.3 is 4.74 Å². The maximum absolute atomic E-state index is 12.6. The highest BCUT2D eigenvalue weighted by atomic mass is 79.9. The average molecular weight is 348 g/mol. The van der Waals surface area contributed by atoms with E-state index in [0.717, 1.165) is 5.56 Å². The molecule has 0 N–H and O–H groups in total. The Morgan fingerprint density at radius 1 is 1.37 bits per heavy atom. The lowest BCUT2D eigenvalue weighted by Gasteiger charge is -2.37. The Morgan fingerprint density at radius 2 is 2.05 bits per heavy atom. The predicted octanol–water partition coefficient (Wildman–Crippen LogP) is 2.56. The number of benzene rings is 1. The van der Waals surface area contributed by atoms with E-state index in [1.165, 1.54) is 4.31 Å². The molecule has 0 unspecified atom stereocenters. The van der Waals surface area contributed by atoms with Crippen LogP contribution in [0.5, 0.6) is 0 Å². The molecule has 4 nitrogen and oxygen atoms in total. The third kappa shape index (κ3) is 3.18. The molecule has 0 aliphatic carbocycles. The molecule has 1 aliphatic rings. The monoisotopic (exact) mass is 347 g/mol. The molecular formula is C13H18BrNO3S. The van der Waals surface area contributed by atoms with Gasteiger partial charge in [0.2, 0.25) is 10.0 Å². The first-order valence-electron chi connectivity index (χ1n) is 6.13. The summed E-state index contributed by atoms with van der Waals surface area (Å²) in [6, 6.07) is 5.28. The fourth-order valence-electron chi connectivity index (χ4n) is 2.13. The quantitative estimate of drug-likeness (QED) is 0.825. The number of morpholine rings is 1. The lowest BCUT2D eigenvalue weighted by Crippen LogP contribution is -2.50. The Morgan fingerprint density at radius 3 is 2.63 bits per heavy atom. The van der Waals surface area contributed by atoms with E-state index in [1.807, 2.05) is 32.9 Å². The SMILES string of the molecule is Cc1ccc(S(=O)(=O)N2CCOC(C)(C)C2)c(Br)c1. The second kappa shape index (κ2) is 5.16. The molecule has 0 aromatic heterocycles. The topological polar surface area (TPSA) is 46.6 Å². The summed E-state index contributed by atoms with van der Waals surface area (Å²) in [6.07, 6.45) is 0. The maximum Gasteiger partial charge on any atom is 0.244 e. The van der Waals surface area contributed by atoms with Gasteiger partial charge in [0.25, 0.3) is 0 Å². The molecule has 0 amide bonds. The molecule has 0 bridgehead atoms. The minimum atomic E-state index is -3.47. The maximum atomic E-state index is 12.6. The van der Waals surface area contributed by atoms with Gasteiger partial charge in [-0.15, -0.1) is 0 Å². The van der Waals surface area contributed by atoms with Crippen molar-refractivity contribution in [1.29, 1.82) is 0 Å². The first kappa shape index (κ1) is 15.0. The minimum absolute atomic E-state index is 0.316. The van der Waals surface area contributed by atoms with Crippen molar-refractivity contribution in [2.24, 2.45) is 0 Å². The standard InChI is InChI=1S/C13H18BrNO3S/c1-10-4-5-12(11(14)8-10)19(16,17)15-6-7-18-13(2,3)9-15/h4-5,8H,6-7,9H2,1-3H3. The number of hydrogen-bond acceptors (Lipinski definition) is 3. The molecule has 0 radical (unpaired) electrons. The number of sulfonamides is 1. The van der Waals surface area contributed by atoms with E-state index in [4.69, 9.17) is 4.74 Å². The van der Waals surface area contributed by atoms with E-state index in [-0.39, 0.29) is 0 Å². The Hall–Kier alpha value is -0.430. The predicted molar refractivity (Wildman–Crippen MR) is 77.7 cm³/mol. The van der Waals surface area contributed by atoms with Gasteiger partial charge >= 0.3 is 0 Å². The highest BCUT2D eigenvalue weighted by Crippen LogP contribution is 2.28. The third-order valence-corrected chi connectivity index (χ3v) is 5.92. The number of hydrogen-bond donors (Lipinski definition) is 0. The molecule has 1 heterocycles. The molecule has 6 heteroatoms. The van der Waals surface area contributed by atoms with E-state index in [1.54, 1.807) is 6.07 Å². The van der Waals surface area contributed by atoms with Gasteiger partial charge in [0, 0.05) is 17.6 Å². The third-order valence-electron chi connectivity index (χ3n) is 3.10. The van der Waals surface area contributed by atoms with Crippen molar-refractivity contribution in [2.75, 3.05) is 19.7 Å². The summed E-state index contributed by atoms with van der Waals surface area (Å²) in [5, 5.41) is 0. The molecule has 1 fully saturated rings. The van der Waals surface area contributed by atoms with Crippen LogP contribution in [0.2, 0.25) is 0 Å². The van der Waals surface area contributed by atoms with Crippen LogP contribution in [0.1, 0.15) is 19.4 Å². The molecule has 1 saturated heterocycles. The number of ether oxygens (including phenoxy) is 1. The number of aryl methyl sites for hydroxylation is 1. The van der Waals surface area contributed by atoms with Crippen molar-refractivity contribution in [3.63, 3.8) is 0 Å². The molecule has 0 spiro atoms. The zero-order valence-corrected chi connectivity index (χ0v) is 13.7. The van der Waals surface area contributed by atoms with Crippen LogP contribution in [0.3, 0.4) is 0 Å². The van der Waals surface area contributed by atoms with Gasteiger partial charge in [0.15, 0.2) is 0 Å². The molecular weight excluding hydrogens is 330 g/mol. The van der Waals surface area contributed by atoms with Crippen LogP contribution >= 0.6 is 15.9 Å². The van der Waals surface area contributed by atoms with Crippen LogP contribution < -0.4 is 0 Å². The molecule has 1 aliphatic heterocycles. The summed E-state index contributed by atoms with van der Waals surface area (Å²) in [5.41, 5.74) is 0.579. The Labute approximate surface area is 122 Å². The fourth-order valence-corrected chi connectivity index (χ4v) is 4.86. The van der Waals surface area contributed by atoms with Crippen molar-refractivity contribution >= 4 is 26.0 Å². The van der Waals surface area contributed by atoms with Gasteiger partial charge in [0.05, 0.1) is 17.1 Å². The fraction of sp³-hybridized carbons (Fsp3) is 0.538. The van der Waals surface area contributed by atoms with E-state index < -0.39 is 15.6 Å². The molecule has 1 aromatic rings. The first-order valence-corrected chi connectivity index (χ1v) is 8.36. The van der Waals surface area contributed by atoms with Crippen molar-refractivity contribution in [1.82, 2.24) is 4.31 Å². The second-order valence-corrected chi connectivity index (χ2v) is 8.14. The van der Waals surface area contributed by atoms with E-state index in [9.17, 15) is 8.42 Å². The molecule has 0 atom stereocenters. The normalized spacial score (nSPS) is 20.4. The molecule has 106 valence electrons. The second-order valence-electron chi connectivity index (χ2n) is 5.38. The Bertz CT molecular complexity index is 584. The van der Waals surface area contributed by atoms with Crippen LogP contribution in [0.15, 0.2) is 27.6 Å². The van der Waals surface area contributed by atoms with Crippen LogP contribution in [-0.2, 0) is 14.8 Å². The van der Waals surface area contributed by atoms with Crippen molar-refractivity contribution in [3.05, 3.63) is 28.2 Å². The lowest BCUT2D eigenvalue weighted by molar-refractivity contribution is -0.0640. The van der Waals surface area contributed by atoms with Gasteiger partial charge in [-0.1, -0.05) is 6.07 Å². The summed E-state index contributed by atoms with van der Waals surface area (Å²) in [6.45, 7) is 6.92. The van der Waals surface area contributed by atoms with Crippen LogP contribution in [0.25, 0.3) is 0 Å². The van der Waals surface area contributed by atoms with Gasteiger partial charge in [-0.3, -0.25) is 0 Å². The van der Waals surface area contributed by atoms with Gasteiger partial charge in [-0.25, -0.2) is 8.42 Å². The van der Waals surface area contributed by atoms with Crippen molar-refractivity contribution < 1.29 is 13.2 Å². The van der Waals surface area contributed by atoms with E-state index in [2.05, 4.69) is 15.9 Å². The van der Waals surface area contributed by atoms with Gasteiger partial charge in [-0.05, 0) is 54.4 Å². The zero-order chi connectivity index (χ0) is 14.3. The number of nitrogens with zero attached hydrogens (tertiary/aromatic N) is 1. The zero-order valence-electron chi connectivity index (χ0n) is 11.3. The van der Waals surface area contributed by atoms with Crippen molar-refractivity contribution in [3.8, 4) is 0 Å². The highest BCUT2D eigenvalue weighted by molar-refractivity contribution is 9.10. The summed E-state index contributed by atoms with van der Waals surface area (Å²) < 4.78 is 33.0.